The van der Waals surface area contributed by atoms with Gasteiger partial charge in [0.1, 0.15) is 0 Å². The van der Waals surface area contributed by atoms with E-state index in [0.29, 0.717) is 5.41 Å². The monoisotopic (exact) mass is 220 g/mol. The van der Waals surface area contributed by atoms with Gasteiger partial charge in [-0.2, -0.15) is 4.79 Å². The van der Waals surface area contributed by atoms with Crippen molar-refractivity contribution >= 4 is 12.0 Å². The molecular weight excluding hydrogens is 200 g/mol. The van der Waals surface area contributed by atoms with Gasteiger partial charge in [-0.15, -0.1) is 0 Å². The molecule has 2 rings (SSSR count). The number of Topliss-reactive ketones (excluding diaryl/α,β-unsaturated/α-hetero) is 1. The lowest BCUT2D eigenvalue weighted by molar-refractivity contribution is -0.119. The first-order valence-corrected chi connectivity index (χ1v) is 6.47. The first-order valence-electron chi connectivity index (χ1n) is 6.47. The number of carbonyl (C=O) groups is 1. The van der Waals surface area contributed by atoms with Crippen LogP contribution in [-0.4, -0.2) is 16.8 Å². The molecule has 1 atom stereocenters. The second-order valence-corrected chi connectivity index (χ2v) is 5.50. The van der Waals surface area contributed by atoms with Crippen molar-refractivity contribution < 1.29 is 9.58 Å². The molecule has 0 N–H and O–H groups in total. The van der Waals surface area contributed by atoms with Crippen molar-refractivity contribution in [3.05, 3.63) is 5.53 Å². The molecule has 0 heterocycles. The molecule has 0 aromatic rings. The lowest BCUT2D eigenvalue weighted by Crippen LogP contribution is -2.19. The standard InChI is InChI=1S/C13H20N2O/c14-15-10-12(16)11-5-8-13(9-11)6-3-1-2-4-7-13/h10-11H,1-9H2/t11-/m0/s1. The Morgan fingerprint density at radius 1 is 1.19 bits per heavy atom. The molecule has 2 aliphatic rings. The SMILES string of the molecule is [N-]=[N+]=CC(=O)[C@H]1CCC2(CCCCCC2)C1. The molecule has 0 aromatic carbocycles. The van der Waals surface area contributed by atoms with Gasteiger partial charge < -0.3 is 5.53 Å². The quantitative estimate of drug-likeness (QED) is 0.401. The maximum absolute atomic E-state index is 11.6. The summed E-state index contributed by atoms with van der Waals surface area (Å²) >= 11 is 0. The van der Waals surface area contributed by atoms with Crippen LogP contribution < -0.4 is 0 Å². The molecule has 3 heteroatoms. The lowest BCUT2D eigenvalue weighted by atomic mass is 9.78. The highest BCUT2D eigenvalue weighted by molar-refractivity contribution is 6.26. The van der Waals surface area contributed by atoms with Gasteiger partial charge in [-0.1, -0.05) is 25.7 Å². The van der Waals surface area contributed by atoms with Crippen LogP contribution in [-0.2, 0) is 4.79 Å². The van der Waals surface area contributed by atoms with Crippen molar-refractivity contribution in [3.63, 3.8) is 0 Å². The molecule has 0 bridgehead atoms. The van der Waals surface area contributed by atoms with Crippen LogP contribution in [0.25, 0.3) is 5.53 Å². The number of hydrogen-bond donors (Lipinski definition) is 0. The second-order valence-electron chi connectivity index (χ2n) is 5.50. The zero-order valence-electron chi connectivity index (χ0n) is 9.82. The van der Waals surface area contributed by atoms with Crippen molar-refractivity contribution in [2.75, 3.05) is 0 Å². The third-order valence-electron chi connectivity index (χ3n) is 4.45. The molecule has 0 aromatic heterocycles. The van der Waals surface area contributed by atoms with Gasteiger partial charge in [0.2, 0.25) is 5.78 Å². The zero-order valence-corrected chi connectivity index (χ0v) is 9.82. The summed E-state index contributed by atoms with van der Waals surface area (Å²) in [6.45, 7) is 0. The van der Waals surface area contributed by atoms with E-state index in [1.165, 1.54) is 44.9 Å². The average Bonchev–Trinajstić information content (AvgIpc) is 2.54. The number of rotatable bonds is 2. The first-order chi connectivity index (χ1) is 7.76. The summed E-state index contributed by atoms with van der Waals surface area (Å²) in [4.78, 5) is 14.5. The maximum Gasteiger partial charge on any atom is 0.323 e. The Kier molecular flexibility index (Phi) is 3.55. The Hall–Kier alpha value is -0.950. The van der Waals surface area contributed by atoms with E-state index in [1.807, 2.05) is 0 Å². The van der Waals surface area contributed by atoms with E-state index in [1.54, 1.807) is 0 Å². The molecule has 2 aliphatic carbocycles. The summed E-state index contributed by atoms with van der Waals surface area (Å²) < 4.78 is 0. The van der Waals surface area contributed by atoms with Crippen molar-refractivity contribution in [2.45, 2.75) is 57.8 Å². The van der Waals surface area contributed by atoms with Crippen molar-refractivity contribution in [2.24, 2.45) is 11.3 Å². The molecule has 2 saturated carbocycles. The number of carbonyl (C=O) groups excluding carboxylic acids is 1. The summed E-state index contributed by atoms with van der Waals surface area (Å²) in [7, 11) is 0. The van der Waals surface area contributed by atoms with Gasteiger partial charge >= 0.3 is 6.21 Å². The molecule has 1 spiro atoms. The van der Waals surface area contributed by atoms with Crippen LogP contribution in [0.5, 0.6) is 0 Å². The van der Waals surface area contributed by atoms with Gasteiger partial charge in [0, 0.05) is 5.92 Å². The average molecular weight is 220 g/mol. The van der Waals surface area contributed by atoms with Crippen LogP contribution >= 0.6 is 0 Å². The molecule has 2 fully saturated rings. The van der Waals surface area contributed by atoms with E-state index in [2.05, 4.69) is 4.79 Å². The van der Waals surface area contributed by atoms with Gasteiger partial charge in [0.15, 0.2) is 0 Å². The topological polar surface area (TPSA) is 53.5 Å². The molecule has 0 unspecified atom stereocenters. The number of ketones is 1. The molecule has 0 amide bonds. The summed E-state index contributed by atoms with van der Waals surface area (Å²) in [5, 5.41) is 0. The van der Waals surface area contributed by atoms with Gasteiger partial charge in [-0.3, -0.25) is 4.79 Å². The fourth-order valence-corrected chi connectivity index (χ4v) is 3.55. The predicted octanol–water partition coefficient (Wildman–Crippen LogP) is 3.00. The third-order valence-corrected chi connectivity index (χ3v) is 4.45. The third kappa shape index (κ3) is 2.41. The fraction of sp³-hybridized carbons (Fsp3) is 0.846. The summed E-state index contributed by atoms with van der Waals surface area (Å²) in [6.07, 6.45) is 12.3. The number of nitrogens with zero attached hydrogens (tertiary/aromatic N) is 2. The highest BCUT2D eigenvalue weighted by Crippen LogP contribution is 2.50. The molecule has 0 radical (unpaired) electrons. The van der Waals surface area contributed by atoms with E-state index in [4.69, 9.17) is 5.53 Å². The molecule has 88 valence electrons. The van der Waals surface area contributed by atoms with Gasteiger partial charge in [-0.05, 0) is 37.5 Å². The van der Waals surface area contributed by atoms with E-state index in [9.17, 15) is 4.79 Å². The molecule has 0 saturated heterocycles. The van der Waals surface area contributed by atoms with Gasteiger partial charge in [0.05, 0.1) is 0 Å². The fourth-order valence-electron chi connectivity index (χ4n) is 3.55. The summed E-state index contributed by atoms with van der Waals surface area (Å²) in [5.74, 6) is 0.137. The first kappa shape index (κ1) is 11.5. The van der Waals surface area contributed by atoms with E-state index in [-0.39, 0.29) is 11.7 Å². The number of hydrogen-bond acceptors (Lipinski definition) is 1. The normalized spacial score (nSPS) is 28.4. The largest absolute Gasteiger partial charge is 0.361 e. The second kappa shape index (κ2) is 4.92. The van der Waals surface area contributed by atoms with Crippen LogP contribution in [0.4, 0.5) is 0 Å². The molecule has 3 nitrogen and oxygen atoms in total. The Labute approximate surface area is 96.9 Å². The Bertz CT molecular complexity index is 310. The minimum atomic E-state index is 0.0172. The summed E-state index contributed by atoms with van der Waals surface area (Å²) in [5.41, 5.74) is 8.84. The Balaban J connectivity index is 2.00. The van der Waals surface area contributed by atoms with Crippen LogP contribution in [0.1, 0.15) is 57.8 Å². The van der Waals surface area contributed by atoms with Crippen LogP contribution in [0.3, 0.4) is 0 Å². The minimum absolute atomic E-state index is 0.0172. The zero-order chi connectivity index (χ0) is 11.4. The van der Waals surface area contributed by atoms with E-state index in [0.717, 1.165) is 19.1 Å². The lowest BCUT2D eigenvalue weighted by Gasteiger charge is -2.27. The predicted molar refractivity (Wildman–Crippen MR) is 62.2 cm³/mol. The summed E-state index contributed by atoms with van der Waals surface area (Å²) in [6, 6.07) is 0. The van der Waals surface area contributed by atoms with Crippen LogP contribution in [0.15, 0.2) is 0 Å². The van der Waals surface area contributed by atoms with Crippen LogP contribution in [0, 0.1) is 11.3 Å². The Morgan fingerprint density at radius 3 is 2.50 bits per heavy atom. The van der Waals surface area contributed by atoms with Gasteiger partial charge in [0.25, 0.3) is 0 Å². The highest BCUT2D eigenvalue weighted by atomic mass is 16.1. The smallest absolute Gasteiger partial charge is 0.323 e. The molecule has 16 heavy (non-hydrogen) atoms. The highest BCUT2D eigenvalue weighted by Gasteiger charge is 2.41. The van der Waals surface area contributed by atoms with E-state index >= 15 is 0 Å². The minimum Gasteiger partial charge on any atom is -0.361 e. The molecular formula is C13H20N2O. The van der Waals surface area contributed by atoms with Gasteiger partial charge in [-0.25, -0.2) is 0 Å². The van der Waals surface area contributed by atoms with E-state index < -0.39 is 0 Å². The van der Waals surface area contributed by atoms with Crippen LogP contribution in [0.2, 0.25) is 0 Å². The molecule has 0 aliphatic heterocycles. The maximum atomic E-state index is 11.6. The van der Waals surface area contributed by atoms with Crippen molar-refractivity contribution in [1.82, 2.24) is 0 Å². The van der Waals surface area contributed by atoms with Crippen molar-refractivity contribution in [3.8, 4) is 0 Å². The van der Waals surface area contributed by atoms with Crippen molar-refractivity contribution in [1.29, 1.82) is 0 Å². The Morgan fingerprint density at radius 2 is 1.88 bits per heavy atom.